The van der Waals surface area contributed by atoms with Crippen molar-refractivity contribution in [3.05, 3.63) is 95.6 Å². The van der Waals surface area contributed by atoms with E-state index in [2.05, 4.69) is 23.9 Å². The molecule has 0 heterocycles. The molecule has 0 saturated heterocycles. The monoisotopic (exact) mass is 593 g/mol. The Balaban J connectivity index is 1.86. The van der Waals surface area contributed by atoms with Crippen LogP contribution >= 0.6 is 0 Å². The van der Waals surface area contributed by atoms with E-state index in [9.17, 15) is 18.0 Å². The van der Waals surface area contributed by atoms with E-state index in [4.69, 9.17) is 4.74 Å². The Kier molecular flexibility index (Phi) is 12.6. The second-order valence-corrected chi connectivity index (χ2v) is 12.5. The molecular formula is C33H43N3O5S. The quantitative estimate of drug-likeness (QED) is 0.250. The number of sulfonamides is 1. The maximum atomic E-state index is 13.9. The molecule has 8 nitrogen and oxygen atoms in total. The maximum absolute atomic E-state index is 13.9. The third-order valence-corrected chi connectivity index (χ3v) is 8.56. The Morgan fingerprint density at radius 3 is 2.12 bits per heavy atom. The van der Waals surface area contributed by atoms with Crippen molar-refractivity contribution in [3.63, 3.8) is 0 Å². The summed E-state index contributed by atoms with van der Waals surface area (Å²) in [6.07, 6.45) is 1.80. The van der Waals surface area contributed by atoms with Crippen LogP contribution in [0.3, 0.4) is 0 Å². The Bertz CT molecular complexity index is 1380. The standard InChI is InChI=1S/C33H43N3O5S/c1-5-35-42(39,40)30-18-13-26(14-19-30)15-20-32(37)36(24-28-11-16-29(41-4)17-12-28)31(23-27-9-7-6-8-10-27)33(38)34-22-21-25(2)3/h6-14,16-19,25,31,35H,5,15,20-24H2,1-4H3,(H,34,38). The number of nitrogens with one attached hydrogen (secondary N) is 2. The minimum absolute atomic E-state index is 0.157. The van der Waals surface area contributed by atoms with Crippen LogP contribution in [-0.4, -0.2) is 51.4 Å². The zero-order valence-electron chi connectivity index (χ0n) is 25.0. The minimum Gasteiger partial charge on any atom is -0.497 e. The van der Waals surface area contributed by atoms with Crippen LogP contribution in [0, 0.1) is 5.92 Å². The summed E-state index contributed by atoms with van der Waals surface area (Å²) in [6, 6.07) is 23.1. The largest absolute Gasteiger partial charge is 0.497 e. The van der Waals surface area contributed by atoms with Crippen LogP contribution < -0.4 is 14.8 Å². The average Bonchev–Trinajstić information content (AvgIpc) is 2.98. The summed E-state index contributed by atoms with van der Waals surface area (Å²) in [5.41, 5.74) is 2.69. The fourth-order valence-electron chi connectivity index (χ4n) is 4.59. The van der Waals surface area contributed by atoms with Crippen LogP contribution in [0.15, 0.2) is 83.8 Å². The first-order valence-corrected chi connectivity index (χ1v) is 15.9. The van der Waals surface area contributed by atoms with Gasteiger partial charge in [0.2, 0.25) is 21.8 Å². The molecule has 1 atom stereocenters. The van der Waals surface area contributed by atoms with Crippen LogP contribution in [0.2, 0.25) is 0 Å². The van der Waals surface area contributed by atoms with Gasteiger partial charge in [-0.3, -0.25) is 9.59 Å². The number of ether oxygens (including phenoxy) is 1. The van der Waals surface area contributed by atoms with Crippen molar-refractivity contribution in [1.29, 1.82) is 0 Å². The number of amides is 2. The highest BCUT2D eigenvalue weighted by Crippen LogP contribution is 2.20. The average molecular weight is 594 g/mol. The molecule has 0 spiro atoms. The van der Waals surface area contributed by atoms with Crippen LogP contribution in [-0.2, 0) is 39.0 Å². The van der Waals surface area contributed by atoms with Gasteiger partial charge in [-0.1, -0.05) is 75.4 Å². The van der Waals surface area contributed by atoms with Crippen LogP contribution in [0.4, 0.5) is 0 Å². The van der Waals surface area contributed by atoms with Crippen molar-refractivity contribution in [3.8, 4) is 5.75 Å². The molecule has 42 heavy (non-hydrogen) atoms. The van der Waals surface area contributed by atoms with Crippen molar-refractivity contribution in [1.82, 2.24) is 14.9 Å². The van der Waals surface area contributed by atoms with Gasteiger partial charge in [0.15, 0.2) is 0 Å². The molecule has 0 radical (unpaired) electrons. The van der Waals surface area contributed by atoms with E-state index in [1.54, 1.807) is 43.2 Å². The molecular weight excluding hydrogens is 550 g/mol. The van der Waals surface area contributed by atoms with E-state index in [-0.39, 0.29) is 29.7 Å². The highest BCUT2D eigenvalue weighted by molar-refractivity contribution is 7.89. The molecule has 2 N–H and O–H groups in total. The van der Waals surface area contributed by atoms with Crippen LogP contribution in [0.5, 0.6) is 5.75 Å². The summed E-state index contributed by atoms with van der Waals surface area (Å²) in [5, 5.41) is 3.06. The van der Waals surface area contributed by atoms with Crippen molar-refractivity contribution < 1.29 is 22.7 Å². The summed E-state index contributed by atoms with van der Waals surface area (Å²) in [5.74, 6) is 0.812. The maximum Gasteiger partial charge on any atom is 0.243 e. The molecule has 0 bridgehead atoms. The van der Waals surface area contributed by atoms with Gasteiger partial charge < -0.3 is 15.0 Å². The smallest absolute Gasteiger partial charge is 0.243 e. The molecule has 1 unspecified atom stereocenters. The van der Waals surface area contributed by atoms with E-state index in [0.29, 0.717) is 37.6 Å². The lowest BCUT2D eigenvalue weighted by Gasteiger charge is -2.32. The first kappa shape index (κ1) is 32.8. The number of hydrogen-bond acceptors (Lipinski definition) is 5. The Hall–Kier alpha value is -3.69. The topological polar surface area (TPSA) is 105 Å². The van der Waals surface area contributed by atoms with Gasteiger partial charge in [-0.25, -0.2) is 13.1 Å². The fourth-order valence-corrected chi connectivity index (χ4v) is 5.63. The van der Waals surface area contributed by atoms with Crippen LogP contribution in [0.25, 0.3) is 0 Å². The number of rotatable bonds is 16. The van der Waals surface area contributed by atoms with E-state index in [0.717, 1.165) is 23.1 Å². The summed E-state index contributed by atoms with van der Waals surface area (Å²) in [6.45, 7) is 7.04. The number of hydrogen-bond donors (Lipinski definition) is 2. The molecule has 226 valence electrons. The third-order valence-electron chi connectivity index (χ3n) is 7.00. The Morgan fingerprint density at radius 1 is 0.881 bits per heavy atom. The summed E-state index contributed by atoms with van der Waals surface area (Å²) < 4.78 is 32.4. The van der Waals surface area contributed by atoms with Gasteiger partial charge in [0, 0.05) is 32.5 Å². The van der Waals surface area contributed by atoms with Crippen molar-refractivity contribution in [2.24, 2.45) is 5.92 Å². The molecule has 0 aliphatic rings. The van der Waals surface area contributed by atoms with Crippen molar-refractivity contribution in [2.45, 2.75) is 63.9 Å². The Labute approximate surface area is 250 Å². The molecule has 3 aromatic rings. The summed E-state index contributed by atoms with van der Waals surface area (Å²) in [7, 11) is -1.95. The molecule has 0 aliphatic carbocycles. The lowest BCUT2D eigenvalue weighted by atomic mass is 10.0. The zero-order valence-corrected chi connectivity index (χ0v) is 25.8. The van der Waals surface area contributed by atoms with Crippen molar-refractivity contribution in [2.75, 3.05) is 20.2 Å². The Morgan fingerprint density at radius 2 is 1.52 bits per heavy atom. The highest BCUT2D eigenvalue weighted by atomic mass is 32.2. The molecule has 9 heteroatoms. The van der Waals surface area contributed by atoms with Gasteiger partial charge in [0.25, 0.3) is 0 Å². The molecule has 0 aliphatic heterocycles. The number of aryl methyl sites for hydroxylation is 1. The summed E-state index contributed by atoms with van der Waals surface area (Å²) >= 11 is 0. The van der Waals surface area contributed by atoms with Gasteiger partial charge in [0.05, 0.1) is 12.0 Å². The number of carbonyl (C=O) groups excluding carboxylic acids is 2. The van der Waals surface area contributed by atoms with Gasteiger partial charge in [0.1, 0.15) is 11.8 Å². The normalized spacial score (nSPS) is 12.1. The molecule has 0 aromatic heterocycles. The molecule has 3 rings (SSSR count). The number of nitrogens with zero attached hydrogens (tertiary/aromatic N) is 1. The SMILES string of the molecule is CCNS(=O)(=O)c1ccc(CCC(=O)N(Cc2ccc(OC)cc2)C(Cc2ccccc2)C(=O)NCCC(C)C)cc1. The van der Waals surface area contributed by atoms with Gasteiger partial charge in [-0.15, -0.1) is 0 Å². The van der Waals surface area contributed by atoms with Gasteiger partial charge >= 0.3 is 0 Å². The van der Waals surface area contributed by atoms with Crippen molar-refractivity contribution >= 4 is 21.8 Å². The third kappa shape index (κ3) is 9.99. The molecule has 0 saturated carbocycles. The van der Waals surface area contributed by atoms with Crippen LogP contribution in [0.1, 0.15) is 50.3 Å². The summed E-state index contributed by atoms with van der Waals surface area (Å²) in [4.78, 5) is 29.4. The van der Waals surface area contributed by atoms with E-state index in [1.807, 2.05) is 54.6 Å². The second kappa shape index (κ2) is 16.1. The highest BCUT2D eigenvalue weighted by Gasteiger charge is 2.30. The first-order valence-electron chi connectivity index (χ1n) is 14.5. The predicted molar refractivity (Wildman–Crippen MR) is 166 cm³/mol. The van der Waals surface area contributed by atoms with Gasteiger partial charge in [-0.2, -0.15) is 0 Å². The fraction of sp³-hybridized carbons (Fsp3) is 0.394. The number of methoxy groups -OCH3 is 1. The second-order valence-electron chi connectivity index (χ2n) is 10.7. The lowest BCUT2D eigenvalue weighted by molar-refractivity contribution is -0.141. The first-order chi connectivity index (χ1) is 20.1. The molecule has 0 fully saturated rings. The van der Waals surface area contributed by atoms with E-state index >= 15 is 0 Å². The number of benzene rings is 3. The zero-order chi connectivity index (χ0) is 30.5. The van der Waals surface area contributed by atoms with E-state index in [1.165, 1.54) is 0 Å². The van der Waals surface area contributed by atoms with Gasteiger partial charge in [-0.05, 0) is 59.7 Å². The van der Waals surface area contributed by atoms with E-state index < -0.39 is 16.1 Å². The minimum atomic E-state index is -3.55. The molecule has 3 aromatic carbocycles. The lowest BCUT2D eigenvalue weighted by Crippen LogP contribution is -2.50. The predicted octanol–water partition coefficient (Wildman–Crippen LogP) is 4.73. The number of carbonyl (C=O) groups is 2. The molecule has 2 amide bonds.